The Labute approximate surface area is 118 Å². The van der Waals surface area contributed by atoms with Gasteiger partial charge in [0, 0.05) is 6.20 Å². The average molecular weight is 270 g/mol. The molecule has 0 N–H and O–H groups in total. The van der Waals surface area contributed by atoms with Crippen LogP contribution in [0.2, 0.25) is 0 Å². The molecule has 0 saturated heterocycles. The summed E-state index contributed by atoms with van der Waals surface area (Å²) in [5, 5.41) is 4.22. The van der Waals surface area contributed by atoms with E-state index in [1.807, 2.05) is 30.3 Å². The minimum Gasteiger partial charge on any atom is -0.459 e. The summed E-state index contributed by atoms with van der Waals surface area (Å²) in [6, 6.07) is 9.73. The first-order chi connectivity index (χ1) is 9.83. The molecule has 20 heavy (non-hydrogen) atoms. The van der Waals surface area contributed by atoms with E-state index in [9.17, 15) is 4.79 Å². The molecular weight excluding hydrogens is 252 g/mol. The molecule has 1 heterocycles. The third-order valence-corrected chi connectivity index (χ3v) is 3.66. The van der Waals surface area contributed by atoms with Crippen LogP contribution in [0.25, 0.3) is 5.69 Å². The van der Waals surface area contributed by atoms with Crippen molar-refractivity contribution < 1.29 is 9.53 Å². The number of ether oxygens (including phenoxy) is 1. The molecule has 1 aliphatic rings. The molecule has 1 saturated carbocycles. The Morgan fingerprint density at radius 3 is 2.65 bits per heavy atom. The van der Waals surface area contributed by atoms with Crippen molar-refractivity contribution in [3.05, 3.63) is 48.3 Å². The Kier molecular flexibility index (Phi) is 3.81. The number of carbonyl (C=O) groups is 1. The summed E-state index contributed by atoms with van der Waals surface area (Å²) in [7, 11) is 0. The molecule has 2 aromatic rings. The molecule has 0 unspecified atom stereocenters. The smallest absolute Gasteiger partial charge is 0.341 e. The summed E-state index contributed by atoms with van der Waals surface area (Å²) in [6.07, 6.45) is 8.90. The van der Waals surface area contributed by atoms with Gasteiger partial charge in [0.25, 0.3) is 0 Å². The molecule has 0 radical (unpaired) electrons. The van der Waals surface area contributed by atoms with E-state index >= 15 is 0 Å². The molecule has 1 aliphatic carbocycles. The van der Waals surface area contributed by atoms with Gasteiger partial charge in [-0.1, -0.05) is 24.6 Å². The Balaban J connectivity index is 1.68. The highest BCUT2D eigenvalue weighted by Gasteiger charge is 2.19. The summed E-state index contributed by atoms with van der Waals surface area (Å²) in [5.74, 6) is -0.265. The van der Waals surface area contributed by atoms with E-state index in [2.05, 4.69) is 5.10 Å². The van der Waals surface area contributed by atoms with Gasteiger partial charge in [0.15, 0.2) is 0 Å². The first-order valence-corrected chi connectivity index (χ1v) is 7.14. The molecule has 1 aromatic heterocycles. The van der Waals surface area contributed by atoms with Crippen molar-refractivity contribution in [1.82, 2.24) is 9.78 Å². The summed E-state index contributed by atoms with van der Waals surface area (Å²) in [6.45, 7) is 0. The number of benzene rings is 1. The van der Waals surface area contributed by atoms with Gasteiger partial charge in [-0.25, -0.2) is 9.48 Å². The van der Waals surface area contributed by atoms with Crippen LogP contribution in [-0.2, 0) is 4.74 Å². The number of hydrogen-bond acceptors (Lipinski definition) is 3. The first-order valence-electron chi connectivity index (χ1n) is 7.14. The molecule has 1 fully saturated rings. The van der Waals surface area contributed by atoms with Crippen LogP contribution in [0, 0.1) is 0 Å². The van der Waals surface area contributed by atoms with Gasteiger partial charge in [-0.3, -0.25) is 0 Å². The Bertz CT molecular complexity index is 571. The molecule has 1 aromatic carbocycles. The van der Waals surface area contributed by atoms with Crippen LogP contribution in [-0.4, -0.2) is 21.9 Å². The SMILES string of the molecule is O=C(OC1CCCCC1)c1cnn(-c2ccccc2)c1. The molecule has 3 rings (SSSR count). The maximum Gasteiger partial charge on any atom is 0.341 e. The van der Waals surface area contributed by atoms with Crippen LogP contribution in [0.1, 0.15) is 42.5 Å². The third-order valence-electron chi connectivity index (χ3n) is 3.66. The normalized spacial score (nSPS) is 16.0. The quantitative estimate of drug-likeness (QED) is 0.803. The number of para-hydroxylation sites is 1. The second-order valence-corrected chi connectivity index (χ2v) is 5.17. The van der Waals surface area contributed by atoms with Crippen LogP contribution >= 0.6 is 0 Å². The molecule has 0 spiro atoms. The minimum absolute atomic E-state index is 0.0799. The monoisotopic (exact) mass is 270 g/mol. The van der Waals surface area contributed by atoms with Crippen LogP contribution in [0.15, 0.2) is 42.7 Å². The van der Waals surface area contributed by atoms with Gasteiger partial charge in [-0.05, 0) is 37.8 Å². The van der Waals surface area contributed by atoms with Crippen molar-refractivity contribution in [3.63, 3.8) is 0 Å². The number of nitrogens with zero attached hydrogens (tertiary/aromatic N) is 2. The molecule has 4 nitrogen and oxygen atoms in total. The highest BCUT2D eigenvalue weighted by Crippen LogP contribution is 2.21. The van der Waals surface area contributed by atoms with Crippen molar-refractivity contribution >= 4 is 5.97 Å². The summed E-state index contributed by atoms with van der Waals surface area (Å²) in [5.41, 5.74) is 1.45. The van der Waals surface area contributed by atoms with E-state index in [0.29, 0.717) is 5.56 Å². The van der Waals surface area contributed by atoms with Crippen LogP contribution in [0.3, 0.4) is 0 Å². The van der Waals surface area contributed by atoms with Gasteiger partial charge in [0.1, 0.15) is 6.10 Å². The molecule has 0 atom stereocenters. The number of esters is 1. The fraction of sp³-hybridized carbons (Fsp3) is 0.375. The number of aromatic nitrogens is 2. The molecule has 4 heteroatoms. The van der Waals surface area contributed by atoms with Crippen molar-refractivity contribution in [1.29, 1.82) is 0 Å². The van der Waals surface area contributed by atoms with Gasteiger partial charge in [-0.2, -0.15) is 5.10 Å². The fourth-order valence-electron chi connectivity index (χ4n) is 2.55. The van der Waals surface area contributed by atoms with Gasteiger partial charge in [0.05, 0.1) is 17.4 Å². The minimum atomic E-state index is -0.265. The topological polar surface area (TPSA) is 44.1 Å². The lowest BCUT2D eigenvalue weighted by molar-refractivity contribution is 0.0211. The van der Waals surface area contributed by atoms with Gasteiger partial charge in [-0.15, -0.1) is 0 Å². The molecule has 0 amide bonds. The Hall–Kier alpha value is -2.10. The standard InChI is InChI=1S/C16H18N2O2/c19-16(20-15-9-5-2-6-10-15)13-11-17-18(12-13)14-7-3-1-4-8-14/h1,3-4,7-8,11-12,15H,2,5-6,9-10H2. The zero-order valence-corrected chi connectivity index (χ0v) is 11.4. The fourth-order valence-corrected chi connectivity index (χ4v) is 2.55. The molecular formula is C16H18N2O2. The number of rotatable bonds is 3. The van der Waals surface area contributed by atoms with Crippen LogP contribution < -0.4 is 0 Å². The zero-order chi connectivity index (χ0) is 13.8. The van der Waals surface area contributed by atoms with Gasteiger partial charge >= 0.3 is 5.97 Å². The van der Waals surface area contributed by atoms with Crippen molar-refractivity contribution in [2.24, 2.45) is 0 Å². The largest absolute Gasteiger partial charge is 0.459 e. The zero-order valence-electron chi connectivity index (χ0n) is 11.4. The van der Waals surface area contributed by atoms with Crippen molar-refractivity contribution in [3.8, 4) is 5.69 Å². The lowest BCUT2D eigenvalue weighted by Crippen LogP contribution is -2.20. The maximum absolute atomic E-state index is 12.1. The number of carbonyl (C=O) groups excluding carboxylic acids is 1. The second kappa shape index (κ2) is 5.90. The summed E-state index contributed by atoms with van der Waals surface area (Å²) in [4.78, 5) is 12.1. The highest BCUT2D eigenvalue weighted by molar-refractivity contribution is 5.89. The average Bonchev–Trinajstić information content (AvgIpc) is 2.99. The summed E-state index contributed by atoms with van der Waals surface area (Å²) >= 11 is 0. The van der Waals surface area contributed by atoms with Crippen LogP contribution in [0.4, 0.5) is 0 Å². The predicted octanol–water partition coefficient (Wildman–Crippen LogP) is 3.36. The van der Waals surface area contributed by atoms with Crippen LogP contribution in [0.5, 0.6) is 0 Å². The first kappa shape index (κ1) is 12.9. The van der Waals surface area contributed by atoms with Gasteiger partial charge < -0.3 is 4.74 Å². The Morgan fingerprint density at radius 2 is 1.90 bits per heavy atom. The Morgan fingerprint density at radius 1 is 1.15 bits per heavy atom. The van der Waals surface area contributed by atoms with E-state index < -0.39 is 0 Å². The maximum atomic E-state index is 12.1. The number of hydrogen-bond donors (Lipinski definition) is 0. The third kappa shape index (κ3) is 2.90. The van der Waals surface area contributed by atoms with E-state index in [0.717, 1.165) is 31.4 Å². The van der Waals surface area contributed by atoms with Crippen molar-refractivity contribution in [2.45, 2.75) is 38.2 Å². The second-order valence-electron chi connectivity index (χ2n) is 5.17. The van der Waals surface area contributed by atoms with E-state index in [1.54, 1.807) is 17.1 Å². The molecule has 0 aliphatic heterocycles. The molecule has 0 bridgehead atoms. The lowest BCUT2D eigenvalue weighted by Gasteiger charge is -2.21. The van der Waals surface area contributed by atoms with E-state index in [-0.39, 0.29) is 12.1 Å². The van der Waals surface area contributed by atoms with Gasteiger partial charge in [0.2, 0.25) is 0 Å². The lowest BCUT2D eigenvalue weighted by atomic mass is 9.98. The molecule has 104 valence electrons. The van der Waals surface area contributed by atoms with E-state index in [1.165, 1.54) is 6.42 Å². The van der Waals surface area contributed by atoms with E-state index in [4.69, 9.17) is 4.74 Å². The predicted molar refractivity (Wildman–Crippen MR) is 75.9 cm³/mol. The summed E-state index contributed by atoms with van der Waals surface area (Å²) < 4.78 is 7.23. The van der Waals surface area contributed by atoms with Crippen molar-refractivity contribution in [2.75, 3.05) is 0 Å². The highest BCUT2D eigenvalue weighted by atomic mass is 16.5.